The number of fused-ring (bicyclic) bond motifs is 1. The lowest BCUT2D eigenvalue weighted by atomic mass is 10.0. The molecule has 1 amide bonds. The number of primary amides is 1. The van der Waals surface area contributed by atoms with Gasteiger partial charge in [0, 0.05) is 12.2 Å². The Labute approximate surface area is 98.8 Å². The van der Waals surface area contributed by atoms with E-state index >= 15 is 0 Å². The van der Waals surface area contributed by atoms with Crippen molar-refractivity contribution in [3.8, 4) is 0 Å². The van der Waals surface area contributed by atoms with E-state index in [0.29, 0.717) is 6.54 Å². The summed E-state index contributed by atoms with van der Waals surface area (Å²) in [6.07, 6.45) is 0. The second kappa shape index (κ2) is 4.08. The molecule has 1 aliphatic rings. The van der Waals surface area contributed by atoms with Crippen LogP contribution < -0.4 is 10.6 Å². The minimum Gasteiger partial charge on any atom is -0.481 e. The van der Waals surface area contributed by atoms with Crippen LogP contribution in [0.3, 0.4) is 0 Å². The van der Waals surface area contributed by atoms with Crippen molar-refractivity contribution in [1.82, 2.24) is 0 Å². The number of hydrogen-bond acceptors (Lipinski definition) is 3. The topological polar surface area (TPSA) is 83.6 Å². The van der Waals surface area contributed by atoms with E-state index in [4.69, 9.17) is 10.8 Å². The Morgan fingerprint density at radius 1 is 1.47 bits per heavy atom. The second-order valence-corrected chi connectivity index (χ2v) is 4.18. The number of rotatable bonds is 3. The Balaban J connectivity index is 2.41. The molecule has 0 spiro atoms. The van der Waals surface area contributed by atoms with Crippen molar-refractivity contribution in [2.45, 2.75) is 18.9 Å². The van der Waals surface area contributed by atoms with Crippen molar-refractivity contribution in [3.05, 3.63) is 29.8 Å². The van der Waals surface area contributed by atoms with E-state index in [1.54, 1.807) is 24.0 Å². The van der Waals surface area contributed by atoms with Crippen LogP contribution in [-0.2, 0) is 9.59 Å². The summed E-state index contributed by atoms with van der Waals surface area (Å²) < 4.78 is 0. The lowest BCUT2D eigenvalue weighted by molar-refractivity contribution is -0.138. The van der Waals surface area contributed by atoms with Crippen molar-refractivity contribution < 1.29 is 14.7 Å². The molecular weight excluding hydrogens is 220 g/mol. The first-order valence-corrected chi connectivity index (χ1v) is 5.40. The fraction of sp³-hybridized carbons (Fsp3) is 0.333. The fourth-order valence-electron chi connectivity index (χ4n) is 2.17. The molecule has 0 fully saturated rings. The fourth-order valence-corrected chi connectivity index (χ4v) is 2.17. The first kappa shape index (κ1) is 11.4. The van der Waals surface area contributed by atoms with Crippen molar-refractivity contribution in [2.24, 2.45) is 5.73 Å². The maximum absolute atomic E-state index is 11.2. The van der Waals surface area contributed by atoms with E-state index in [9.17, 15) is 9.59 Å². The highest BCUT2D eigenvalue weighted by Gasteiger charge is 2.36. The van der Waals surface area contributed by atoms with Gasteiger partial charge in [0.15, 0.2) is 0 Å². The van der Waals surface area contributed by atoms with Crippen LogP contribution in [0.4, 0.5) is 5.69 Å². The summed E-state index contributed by atoms with van der Waals surface area (Å²) in [5.74, 6) is -1.92. The van der Waals surface area contributed by atoms with Crippen molar-refractivity contribution in [1.29, 1.82) is 0 Å². The number of nitrogens with zero attached hydrogens (tertiary/aromatic N) is 1. The number of carbonyl (C=O) groups is 2. The second-order valence-electron chi connectivity index (χ2n) is 4.18. The van der Waals surface area contributed by atoms with Gasteiger partial charge in [-0.1, -0.05) is 18.2 Å². The van der Waals surface area contributed by atoms with Crippen LogP contribution in [0.15, 0.2) is 24.3 Å². The molecule has 1 aliphatic heterocycles. The van der Waals surface area contributed by atoms with E-state index < -0.39 is 23.8 Å². The van der Waals surface area contributed by atoms with Crippen LogP contribution in [0.5, 0.6) is 0 Å². The van der Waals surface area contributed by atoms with Gasteiger partial charge in [-0.05, 0) is 18.6 Å². The largest absolute Gasteiger partial charge is 0.481 e. The van der Waals surface area contributed by atoms with Gasteiger partial charge < -0.3 is 15.7 Å². The first-order chi connectivity index (χ1) is 8.02. The van der Waals surface area contributed by atoms with Gasteiger partial charge in [-0.15, -0.1) is 0 Å². The lowest BCUT2D eigenvalue weighted by Gasteiger charge is -2.24. The SMILES string of the molecule is CC(C(N)=O)N1CC(C(=O)O)c2ccccc21. The molecule has 1 aromatic rings. The van der Waals surface area contributed by atoms with Gasteiger partial charge in [0.1, 0.15) is 12.0 Å². The molecule has 1 heterocycles. The highest BCUT2D eigenvalue weighted by atomic mass is 16.4. The minimum absolute atomic E-state index is 0.290. The number of para-hydroxylation sites is 1. The van der Waals surface area contributed by atoms with Gasteiger partial charge in [0.2, 0.25) is 5.91 Å². The number of anilines is 1. The zero-order chi connectivity index (χ0) is 12.6. The average molecular weight is 234 g/mol. The number of benzene rings is 1. The first-order valence-electron chi connectivity index (χ1n) is 5.40. The zero-order valence-corrected chi connectivity index (χ0v) is 9.46. The molecule has 5 heteroatoms. The van der Waals surface area contributed by atoms with Crippen LogP contribution >= 0.6 is 0 Å². The summed E-state index contributed by atoms with van der Waals surface area (Å²) in [5, 5.41) is 9.16. The van der Waals surface area contributed by atoms with Gasteiger partial charge in [-0.3, -0.25) is 9.59 Å². The summed E-state index contributed by atoms with van der Waals surface area (Å²) >= 11 is 0. The maximum atomic E-state index is 11.2. The third kappa shape index (κ3) is 1.84. The Morgan fingerprint density at radius 3 is 2.71 bits per heavy atom. The quantitative estimate of drug-likeness (QED) is 0.800. The number of carboxylic acid groups (broad SMARTS) is 1. The molecule has 0 saturated heterocycles. The molecule has 3 N–H and O–H groups in total. The molecule has 5 nitrogen and oxygen atoms in total. The molecule has 2 unspecified atom stereocenters. The predicted molar refractivity (Wildman–Crippen MR) is 62.8 cm³/mol. The molecule has 0 radical (unpaired) electrons. The Morgan fingerprint density at radius 2 is 2.12 bits per heavy atom. The van der Waals surface area contributed by atoms with Crippen LogP contribution in [0.1, 0.15) is 18.4 Å². The highest BCUT2D eigenvalue weighted by molar-refractivity contribution is 5.88. The number of aliphatic carboxylic acids is 1. The normalized spacial score (nSPS) is 19.8. The zero-order valence-electron chi connectivity index (χ0n) is 9.46. The third-order valence-electron chi connectivity index (χ3n) is 3.18. The molecule has 17 heavy (non-hydrogen) atoms. The summed E-state index contributed by atoms with van der Waals surface area (Å²) in [6, 6.07) is 6.72. The van der Waals surface area contributed by atoms with E-state index in [1.807, 2.05) is 12.1 Å². The monoisotopic (exact) mass is 234 g/mol. The van der Waals surface area contributed by atoms with Gasteiger partial charge in [0.25, 0.3) is 0 Å². The predicted octanol–water partition coefficient (Wildman–Crippen LogP) is 0.549. The Kier molecular flexibility index (Phi) is 2.75. The highest BCUT2D eigenvalue weighted by Crippen LogP contribution is 2.37. The Hall–Kier alpha value is -2.04. The molecule has 90 valence electrons. The van der Waals surface area contributed by atoms with Crippen molar-refractivity contribution in [3.63, 3.8) is 0 Å². The lowest BCUT2D eigenvalue weighted by Crippen LogP contribution is -2.42. The van der Waals surface area contributed by atoms with E-state index in [-0.39, 0.29) is 0 Å². The number of amides is 1. The number of carboxylic acids is 1. The maximum Gasteiger partial charge on any atom is 0.312 e. The molecule has 0 aromatic heterocycles. The summed E-state index contributed by atoms with van der Waals surface area (Å²) in [7, 11) is 0. The van der Waals surface area contributed by atoms with Gasteiger partial charge in [-0.25, -0.2) is 0 Å². The van der Waals surface area contributed by atoms with E-state index in [2.05, 4.69) is 0 Å². The summed E-state index contributed by atoms with van der Waals surface area (Å²) in [6.45, 7) is 1.97. The molecule has 2 atom stereocenters. The van der Waals surface area contributed by atoms with E-state index in [0.717, 1.165) is 11.3 Å². The third-order valence-corrected chi connectivity index (χ3v) is 3.18. The van der Waals surface area contributed by atoms with Gasteiger partial charge >= 0.3 is 5.97 Å². The standard InChI is InChI=1S/C12H14N2O3/c1-7(11(13)15)14-6-9(12(16)17)8-4-2-3-5-10(8)14/h2-5,7,9H,6H2,1H3,(H2,13,15)(H,16,17). The minimum atomic E-state index is -0.878. The van der Waals surface area contributed by atoms with Gasteiger partial charge in [0.05, 0.1) is 0 Å². The van der Waals surface area contributed by atoms with E-state index in [1.165, 1.54) is 0 Å². The molecule has 0 bridgehead atoms. The van der Waals surface area contributed by atoms with Crippen molar-refractivity contribution in [2.75, 3.05) is 11.4 Å². The molecular formula is C12H14N2O3. The smallest absolute Gasteiger partial charge is 0.312 e. The summed E-state index contributed by atoms with van der Waals surface area (Å²) in [4.78, 5) is 24.1. The van der Waals surface area contributed by atoms with Crippen LogP contribution in [0, 0.1) is 0 Å². The van der Waals surface area contributed by atoms with Crippen LogP contribution in [0.2, 0.25) is 0 Å². The van der Waals surface area contributed by atoms with Crippen LogP contribution in [0.25, 0.3) is 0 Å². The Bertz CT molecular complexity index is 473. The number of nitrogens with two attached hydrogens (primary N) is 1. The molecule has 0 saturated carbocycles. The number of carbonyl (C=O) groups excluding carboxylic acids is 1. The summed E-state index contributed by atoms with van der Waals surface area (Å²) in [5.41, 5.74) is 6.79. The number of hydrogen-bond donors (Lipinski definition) is 2. The molecule has 2 rings (SSSR count). The van der Waals surface area contributed by atoms with Gasteiger partial charge in [-0.2, -0.15) is 0 Å². The van der Waals surface area contributed by atoms with Crippen LogP contribution in [-0.4, -0.2) is 29.6 Å². The molecule has 1 aromatic carbocycles. The van der Waals surface area contributed by atoms with Crippen molar-refractivity contribution >= 4 is 17.6 Å². The molecule has 0 aliphatic carbocycles. The average Bonchev–Trinajstić information content (AvgIpc) is 2.67.